The fourth-order valence-corrected chi connectivity index (χ4v) is 3.97. The van der Waals surface area contributed by atoms with E-state index in [9.17, 15) is 4.39 Å². The lowest BCUT2D eigenvalue weighted by Crippen LogP contribution is -2.29. The molecule has 0 atom stereocenters. The number of nitrogens with zero attached hydrogens (tertiary/aromatic N) is 4. The summed E-state index contributed by atoms with van der Waals surface area (Å²) >= 11 is 0. The van der Waals surface area contributed by atoms with Crippen molar-refractivity contribution in [1.82, 2.24) is 14.4 Å². The van der Waals surface area contributed by atoms with Crippen LogP contribution in [0.25, 0.3) is 16.9 Å². The lowest BCUT2D eigenvalue weighted by molar-refractivity contribution is 0.578. The first-order valence-corrected chi connectivity index (χ1v) is 9.98. The predicted molar refractivity (Wildman–Crippen MR) is 114 cm³/mol. The summed E-state index contributed by atoms with van der Waals surface area (Å²) in [6, 6.07) is 15.7. The van der Waals surface area contributed by atoms with Crippen LogP contribution in [0.2, 0.25) is 0 Å². The van der Waals surface area contributed by atoms with Crippen molar-refractivity contribution in [2.75, 3.05) is 23.3 Å². The number of hydrogen-bond donors (Lipinski definition) is 1. The number of halogens is 1. The molecule has 4 aromatic rings. The van der Waals surface area contributed by atoms with Crippen molar-refractivity contribution in [3.63, 3.8) is 0 Å². The van der Waals surface area contributed by atoms with Gasteiger partial charge in [-0.2, -0.15) is 4.39 Å². The number of hydrogen-bond acceptors (Lipinski definition) is 4. The Labute approximate surface area is 168 Å². The molecule has 0 radical (unpaired) electrons. The van der Waals surface area contributed by atoms with Gasteiger partial charge in [0.05, 0.1) is 11.4 Å². The Kier molecular flexibility index (Phi) is 4.60. The molecule has 1 aliphatic rings. The Morgan fingerprint density at radius 3 is 2.48 bits per heavy atom. The van der Waals surface area contributed by atoms with Gasteiger partial charge in [0, 0.05) is 54.7 Å². The van der Waals surface area contributed by atoms with Crippen LogP contribution in [0.5, 0.6) is 0 Å². The van der Waals surface area contributed by atoms with E-state index in [0.717, 1.165) is 41.4 Å². The molecule has 3 aromatic heterocycles. The van der Waals surface area contributed by atoms with Gasteiger partial charge in [-0.05, 0) is 61.7 Å². The number of fused-ring (bicyclic) bond motifs is 1. The topological polar surface area (TPSA) is 45.5 Å². The molecular formula is C23H22FN5. The first-order chi connectivity index (χ1) is 14.3. The quantitative estimate of drug-likeness (QED) is 0.485. The predicted octanol–water partition coefficient (Wildman–Crippen LogP) is 5.27. The maximum Gasteiger partial charge on any atom is 0.213 e. The number of anilines is 3. The highest BCUT2D eigenvalue weighted by molar-refractivity contribution is 5.78. The number of aromatic nitrogens is 3. The summed E-state index contributed by atoms with van der Waals surface area (Å²) in [6.45, 7) is 2.27. The number of imidazole rings is 1. The van der Waals surface area contributed by atoms with E-state index in [4.69, 9.17) is 0 Å². The maximum absolute atomic E-state index is 13.6. The smallest absolute Gasteiger partial charge is 0.213 e. The maximum atomic E-state index is 13.6. The van der Waals surface area contributed by atoms with Crippen molar-refractivity contribution >= 4 is 22.7 Å². The number of piperidine rings is 1. The zero-order valence-corrected chi connectivity index (χ0v) is 16.1. The van der Waals surface area contributed by atoms with E-state index in [1.54, 1.807) is 12.3 Å². The summed E-state index contributed by atoms with van der Waals surface area (Å²) in [7, 11) is 0. The van der Waals surface area contributed by atoms with Crippen LogP contribution < -0.4 is 10.2 Å². The minimum Gasteiger partial charge on any atom is -0.372 e. The Morgan fingerprint density at radius 1 is 0.862 bits per heavy atom. The third-order valence-corrected chi connectivity index (χ3v) is 5.44. The summed E-state index contributed by atoms with van der Waals surface area (Å²) in [6.07, 6.45) is 8.98. The SMILES string of the molecule is Fc1cc(-c2ccc(Nc3ccc(N4CCCCC4)cc3)c3nccn23)ccn1. The molecule has 1 fully saturated rings. The number of nitrogens with one attached hydrogen (secondary N) is 1. The van der Waals surface area contributed by atoms with Gasteiger partial charge in [-0.1, -0.05) is 0 Å². The molecule has 1 aromatic carbocycles. The van der Waals surface area contributed by atoms with E-state index in [1.807, 2.05) is 22.7 Å². The molecule has 5 nitrogen and oxygen atoms in total. The Morgan fingerprint density at radius 2 is 1.69 bits per heavy atom. The summed E-state index contributed by atoms with van der Waals surface area (Å²) in [5.41, 5.74) is 5.61. The highest BCUT2D eigenvalue weighted by Gasteiger charge is 2.12. The molecule has 1 aliphatic heterocycles. The summed E-state index contributed by atoms with van der Waals surface area (Å²) in [4.78, 5) is 10.6. The molecule has 4 heterocycles. The summed E-state index contributed by atoms with van der Waals surface area (Å²) in [5, 5.41) is 3.46. The van der Waals surface area contributed by atoms with Crippen LogP contribution in [0.1, 0.15) is 19.3 Å². The second-order valence-electron chi connectivity index (χ2n) is 7.34. The highest BCUT2D eigenvalue weighted by Crippen LogP contribution is 2.28. The molecule has 0 saturated carbocycles. The number of pyridine rings is 2. The van der Waals surface area contributed by atoms with Gasteiger partial charge in [0.1, 0.15) is 0 Å². The summed E-state index contributed by atoms with van der Waals surface area (Å²) in [5.74, 6) is -0.494. The van der Waals surface area contributed by atoms with Gasteiger partial charge in [-0.15, -0.1) is 0 Å². The van der Waals surface area contributed by atoms with Crippen LogP contribution >= 0.6 is 0 Å². The molecular weight excluding hydrogens is 365 g/mol. The van der Waals surface area contributed by atoms with Crippen molar-refractivity contribution in [2.24, 2.45) is 0 Å². The molecule has 6 heteroatoms. The summed E-state index contributed by atoms with van der Waals surface area (Å²) < 4.78 is 15.5. The van der Waals surface area contributed by atoms with Gasteiger partial charge >= 0.3 is 0 Å². The van der Waals surface area contributed by atoms with Crippen molar-refractivity contribution in [3.05, 3.63) is 73.1 Å². The standard InChI is InChI=1S/C23H22FN5/c24-22-16-17(10-11-25-22)21-9-8-20(23-26-12-15-29(21)23)27-18-4-6-19(7-5-18)28-13-2-1-3-14-28/h4-12,15-16,27H,1-3,13-14H2. The van der Waals surface area contributed by atoms with Gasteiger partial charge in [-0.3, -0.25) is 4.40 Å². The van der Waals surface area contributed by atoms with Gasteiger partial charge in [0.15, 0.2) is 5.65 Å². The van der Waals surface area contributed by atoms with Crippen LogP contribution in [0, 0.1) is 5.95 Å². The first kappa shape index (κ1) is 17.7. The van der Waals surface area contributed by atoms with E-state index < -0.39 is 5.95 Å². The molecule has 5 rings (SSSR count). The average molecular weight is 387 g/mol. The van der Waals surface area contributed by atoms with Crippen LogP contribution in [0.3, 0.4) is 0 Å². The lowest BCUT2D eigenvalue weighted by atomic mass is 10.1. The minimum atomic E-state index is -0.494. The Balaban J connectivity index is 1.43. The lowest BCUT2D eigenvalue weighted by Gasteiger charge is -2.28. The Hall–Kier alpha value is -3.41. The van der Waals surface area contributed by atoms with Gasteiger partial charge < -0.3 is 10.2 Å². The fraction of sp³-hybridized carbons (Fsp3) is 0.217. The fourth-order valence-electron chi connectivity index (χ4n) is 3.97. The van der Waals surface area contributed by atoms with Crippen molar-refractivity contribution in [3.8, 4) is 11.3 Å². The largest absolute Gasteiger partial charge is 0.372 e. The monoisotopic (exact) mass is 387 g/mol. The Bertz CT molecular complexity index is 1130. The second-order valence-corrected chi connectivity index (χ2v) is 7.34. The molecule has 0 aliphatic carbocycles. The molecule has 1 saturated heterocycles. The van der Waals surface area contributed by atoms with Crippen LogP contribution in [0.15, 0.2) is 67.1 Å². The third-order valence-electron chi connectivity index (χ3n) is 5.44. The average Bonchev–Trinajstić information content (AvgIpc) is 3.26. The van der Waals surface area contributed by atoms with E-state index in [2.05, 4.69) is 44.5 Å². The van der Waals surface area contributed by atoms with Crippen LogP contribution in [-0.4, -0.2) is 27.5 Å². The van der Waals surface area contributed by atoms with Gasteiger partial charge in [0.2, 0.25) is 5.95 Å². The van der Waals surface area contributed by atoms with E-state index in [-0.39, 0.29) is 0 Å². The normalized spacial score (nSPS) is 14.3. The molecule has 0 amide bonds. The number of rotatable bonds is 4. The molecule has 1 N–H and O–H groups in total. The van der Waals surface area contributed by atoms with Crippen molar-refractivity contribution in [2.45, 2.75) is 19.3 Å². The molecule has 0 unspecified atom stereocenters. The number of benzene rings is 1. The van der Waals surface area contributed by atoms with Gasteiger partial charge in [0.25, 0.3) is 0 Å². The van der Waals surface area contributed by atoms with E-state index in [0.29, 0.717) is 0 Å². The third kappa shape index (κ3) is 3.53. The van der Waals surface area contributed by atoms with E-state index in [1.165, 1.54) is 37.2 Å². The first-order valence-electron chi connectivity index (χ1n) is 9.98. The highest BCUT2D eigenvalue weighted by atomic mass is 19.1. The zero-order chi connectivity index (χ0) is 19.6. The molecule has 146 valence electrons. The van der Waals surface area contributed by atoms with E-state index >= 15 is 0 Å². The zero-order valence-electron chi connectivity index (χ0n) is 16.1. The van der Waals surface area contributed by atoms with Crippen LogP contribution in [0.4, 0.5) is 21.5 Å². The molecule has 29 heavy (non-hydrogen) atoms. The van der Waals surface area contributed by atoms with Gasteiger partial charge in [-0.25, -0.2) is 9.97 Å². The van der Waals surface area contributed by atoms with Crippen molar-refractivity contribution in [1.29, 1.82) is 0 Å². The second kappa shape index (κ2) is 7.54. The minimum absolute atomic E-state index is 0.494. The molecule has 0 bridgehead atoms. The molecule has 0 spiro atoms. The van der Waals surface area contributed by atoms with Crippen molar-refractivity contribution < 1.29 is 4.39 Å². The van der Waals surface area contributed by atoms with Crippen LogP contribution in [-0.2, 0) is 0 Å².